The Morgan fingerprint density at radius 3 is 2.37 bits per heavy atom. The fourth-order valence-corrected chi connectivity index (χ4v) is 2.67. The summed E-state index contributed by atoms with van der Waals surface area (Å²) in [5, 5.41) is 9.98. The maximum absolute atomic E-state index is 13.5. The first-order valence-corrected chi connectivity index (χ1v) is 6.44. The summed E-state index contributed by atoms with van der Waals surface area (Å²) in [6, 6.07) is 2.97. The summed E-state index contributed by atoms with van der Waals surface area (Å²) < 4.78 is 51.0. The Balaban J connectivity index is 2.28. The van der Waals surface area contributed by atoms with Crippen molar-refractivity contribution in [2.75, 3.05) is 0 Å². The molecule has 0 aliphatic heterocycles. The van der Waals surface area contributed by atoms with Crippen molar-refractivity contribution in [3.8, 4) is 0 Å². The number of alkyl halides is 3. The van der Waals surface area contributed by atoms with Crippen LogP contribution in [0.3, 0.4) is 0 Å². The minimum absolute atomic E-state index is 0.265. The lowest BCUT2D eigenvalue weighted by Gasteiger charge is -2.21. The summed E-state index contributed by atoms with van der Waals surface area (Å²) >= 11 is 0. The summed E-state index contributed by atoms with van der Waals surface area (Å²) in [7, 11) is 0. The maximum atomic E-state index is 13.5. The molecule has 0 bridgehead atoms. The molecule has 2 unspecified atom stereocenters. The first-order valence-electron chi connectivity index (χ1n) is 6.44. The van der Waals surface area contributed by atoms with Gasteiger partial charge in [-0.3, -0.25) is 0 Å². The summed E-state index contributed by atoms with van der Waals surface area (Å²) in [6.45, 7) is 0. The summed E-state index contributed by atoms with van der Waals surface area (Å²) in [4.78, 5) is 0. The van der Waals surface area contributed by atoms with Crippen molar-refractivity contribution in [2.24, 2.45) is 0 Å². The molecule has 0 spiro atoms. The second-order valence-electron chi connectivity index (χ2n) is 5.05. The SMILES string of the molecule is OC1CCCCCC1c1ccc(C(F)(F)F)c(F)c1. The van der Waals surface area contributed by atoms with Gasteiger partial charge in [-0.15, -0.1) is 0 Å². The van der Waals surface area contributed by atoms with E-state index in [1.807, 2.05) is 0 Å². The number of aliphatic hydroxyl groups is 1. The maximum Gasteiger partial charge on any atom is 0.419 e. The van der Waals surface area contributed by atoms with E-state index in [4.69, 9.17) is 0 Å². The molecule has 0 amide bonds. The molecule has 2 rings (SSSR count). The third kappa shape index (κ3) is 3.26. The first-order chi connectivity index (χ1) is 8.89. The quantitative estimate of drug-likeness (QED) is 0.600. The van der Waals surface area contributed by atoms with Crippen LogP contribution in [0.15, 0.2) is 18.2 Å². The summed E-state index contributed by atoms with van der Waals surface area (Å²) in [5.41, 5.74) is -0.792. The predicted octanol–water partition coefficient (Wildman–Crippen LogP) is 4.25. The monoisotopic (exact) mass is 276 g/mol. The van der Waals surface area contributed by atoms with Crippen LogP contribution in [0.25, 0.3) is 0 Å². The van der Waals surface area contributed by atoms with Gasteiger partial charge in [-0.05, 0) is 30.5 Å². The molecule has 1 aliphatic rings. The van der Waals surface area contributed by atoms with Crippen molar-refractivity contribution in [2.45, 2.75) is 50.3 Å². The highest BCUT2D eigenvalue weighted by atomic mass is 19.4. The van der Waals surface area contributed by atoms with Crippen LogP contribution in [-0.4, -0.2) is 11.2 Å². The molecule has 0 radical (unpaired) electrons. The third-order valence-electron chi connectivity index (χ3n) is 3.71. The second-order valence-corrected chi connectivity index (χ2v) is 5.05. The van der Waals surface area contributed by atoms with Gasteiger partial charge in [0.1, 0.15) is 5.82 Å². The summed E-state index contributed by atoms with van der Waals surface area (Å²) in [5.74, 6) is -1.53. The van der Waals surface area contributed by atoms with Gasteiger partial charge in [0.15, 0.2) is 0 Å². The molecule has 19 heavy (non-hydrogen) atoms. The van der Waals surface area contributed by atoms with Gasteiger partial charge in [0.05, 0.1) is 11.7 Å². The molecular formula is C14H16F4O. The Morgan fingerprint density at radius 1 is 1.05 bits per heavy atom. The lowest BCUT2D eigenvalue weighted by Crippen LogP contribution is -2.18. The largest absolute Gasteiger partial charge is 0.419 e. The van der Waals surface area contributed by atoms with Crippen LogP contribution in [0.1, 0.15) is 49.1 Å². The number of halogens is 4. The van der Waals surface area contributed by atoms with Crippen molar-refractivity contribution in [1.82, 2.24) is 0 Å². The lowest BCUT2D eigenvalue weighted by atomic mass is 9.89. The van der Waals surface area contributed by atoms with E-state index < -0.39 is 23.7 Å². The molecule has 1 aliphatic carbocycles. The minimum Gasteiger partial charge on any atom is -0.392 e. The van der Waals surface area contributed by atoms with Gasteiger partial charge in [-0.25, -0.2) is 4.39 Å². The zero-order valence-electron chi connectivity index (χ0n) is 10.4. The molecule has 1 N–H and O–H groups in total. The van der Waals surface area contributed by atoms with Crippen molar-refractivity contribution in [3.05, 3.63) is 35.1 Å². The molecule has 1 nitrogen and oxygen atoms in total. The Bertz CT molecular complexity index is 442. The molecule has 106 valence electrons. The van der Waals surface area contributed by atoms with Crippen LogP contribution in [-0.2, 0) is 6.18 Å². The second kappa shape index (κ2) is 5.49. The highest BCUT2D eigenvalue weighted by molar-refractivity contribution is 5.29. The van der Waals surface area contributed by atoms with E-state index in [1.54, 1.807) is 0 Å². The highest BCUT2D eigenvalue weighted by Gasteiger charge is 2.34. The van der Waals surface area contributed by atoms with Crippen LogP contribution in [0.2, 0.25) is 0 Å². The average Bonchev–Trinajstić information content (AvgIpc) is 2.52. The molecule has 1 saturated carbocycles. The van der Waals surface area contributed by atoms with E-state index >= 15 is 0 Å². The van der Waals surface area contributed by atoms with Gasteiger partial charge in [-0.1, -0.05) is 25.3 Å². The van der Waals surface area contributed by atoms with E-state index in [0.717, 1.165) is 31.4 Å². The van der Waals surface area contributed by atoms with Crippen molar-refractivity contribution in [1.29, 1.82) is 0 Å². The summed E-state index contributed by atoms with van der Waals surface area (Å²) in [6.07, 6.45) is -1.16. The fourth-order valence-electron chi connectivity index (χ4n) is 2.67. The molecule has 1 aromatic carbocycles. The van der Waals surface area contributed by atoms with E-state index in [9.17, 15) is 22.7 Å². The van der Waals surface area contributed by atoms with Crippen molar-refractivity contribution in [3.63, 3.8) is 0 Å². The number of rotatable bonds is 1. The van der Waals surface area contributed by atoms with Gasteiger partial charge in [0.25, 0.3) is 0 Å². The predicted molar refractivity (Wildman–Crippen MR) is 63.2 cm³/mol. The van der Waals surface area contributed by atoms with E-state index in [2.05, 4.69) is 0 Å². The first kappa shape index (κ1) is 14.3. The zero-order valence-corrected chi connectivity index (χ0v) is 10.4. The molecule has 0 aromatic heterocycles. The van der Waals surface area contributed by atoms with Crippen LogP contribution in [0.4, 0.5) is 17.6 Å². The Morgan fingerprint density at radius 2 is 1.74 bits per heavy atom. The topological polar surface area (TPSA) is 20.2 Å². The molecule has 5 heteroatoms. The molecule has 2 atom stereocenters. The van der Waals surface area contributed by atoms with Gasteiger partial charge < -0.3 is 5.11 Å². The Kier molecular flexibility index (Phi) is 4.13. The van der Waals surface area contributed by atoms with Crippen LogP contribution >= 0.6 is 0 Å². The molecular weight excluding hydrogens is 260 g/mol. The zero-order chi connectivity index (χ0) is 14.0. The Hall–Kier alpha value is -1.10. The van der Waals surface area contributed by atoms with E-state index in [1.165, 1.54) is 6.07 Å². The minimum atomic E-state index is -4.68. The van der Waals surface area contributed by atoms with Gasteiger partial charge >= 0.3 is 6.18 Å². The smallest absolute Gasteiger partial charge is 0.392 e. The lowest BCUT2D eigenvalue weighted by molar-refractivity contribution is -0.140. The van der Waals surface area contributed by atoms with Gasteiger partial charge in [-0.2, -0.15) is 13.2 Å². The number of hydrogen-bond donors (Lipinski definition) is 1. The molecule has 0 heterocycles. The number of benzene rings is 1. The Labute approximate surface area is 109 Å². The average molecular weight is 276 g/mol. The van der Waals surface area contributed by atoms with Crippen LogP contribution in [0, 0.1) is 5.82 Å². The number of hydrogen-bond acceptors (Lipinski definition) is 1. The normalized spacial score (nSPS) is 25.1. The van der Waals surface area contributed by atoms with Crippen LogP contribution in [0.5, 0.6) is 0 Å². The van der Waals surface area contributed by atoms with E-state index in [-0.39, 0.29) is 5.92 Å². The fraction of sp³-hybridized carbons (Fsp3) is 0.571. The molecule has 0 saturated heterocycles. The molecule has 1 aromatic rings. The van der Waals surface area contributed by atoms with Crippen LogP contribution < -0.4 is 0 Å². The standard InChI is InChI=1S/C14H16F4O/c15-12-8-9(6-7-11(12)14(16,17)18)10-4-2-1-3-5-13(10)19/h6-8,10,13,19H,1-5H2. The van der Waals surface area contributed by atoms with Crippen molar-refractivity contribution >= 4 is 0 Å². The van der Waals surface area contributed by atoms with E-state index in [0.29, 0.717) is 18.4 Å². The van der Waals surface area contributed by atoms with Gasteiger partial charge in [0, 0.05) is 5.92 Å². The van der Waals surface area contributed by atoms with Crippen molar-refractivity contribution < 1.29 is 22.7 Å². The third-order valence-corrected chi connectivity index (χ3v) is 3.71. The number of aliphatic hydroxyl groups excluding tert-OH is 1. The van der Waals surface area contributed by atoms with Gasteiger partial charge in [0.2, 0.25) is 0 Å². The molecule has 1 fully saturated rings. The highest BCUT2D eigenvalue weighted by Crippen LogP contribution is 2.36.